The van der Waals surface area contributed by atoms with Gasteiger partial charge in [-0.25, -0.2) is 4.79 Å². The van der Waals surface area contributed by atoms with E-state index in [1.54, 1.807) is 31.2 Å². The molecule has 8 nitrogen and oxygen atoms in total. The Hall–Kier alpha value is -3.39. The number of aromatic nitrogens is 1. The number of halogens is 1. The third kappa shape index (κ3) is 4.24. The summed E-state index contributed by atoms with van der Waals surface area (Å²) in [6.07, 6.45) is -0.0341. The largest absolute Gasteiger partial charge is 0.441 e. The zero-order valence-electron chi connectivity index (χ0n) is 14.1. The quantitative estimate of drug-likeness (QED) is 0.475. The molecule has 1 unspecified atom stereocenters. The first-order chi connectivity index (χ1) is 13.0. The predicted molar refractivity (Wildman–Crippen MR) is 98.6 cm³/mol. The first-order valence-electron chi connectivity index (χ1n) is 7.87. The van der Waals surface area contributed by atoms with E-state index in [0.29, 0.717) is 21.8 Å². The van der Waals surface area contributed by atoms with E-state index in [4.69, 9.17) is 20.9 Å². The molecule has 0 saturated carbocycles. The lowest BCUT2D eigenvalue weighted by Gasteiger charge is -2.15. The molecule has 1 aromatic heterocycles. The highest BCUT2D eigenvalue weighted by Crippen LogP contribution is 2.29. The van der Waals surface area contributed by atoms with Gasteiger partial charge in [-0.15, -0.1) is 0 Å². The Morgan fingerprint density at radius 3 is 2.63 bits per heavy atom. The van der Waals surface area contributed by atoms with Crippen LogP contribution in [0.4, 0.5) is 16.2 Å². The standard InChI is InChI=1S/C18H14ClN3O5/c1-11(14-4-2-3-5-15(14)19)27-18(23)20-16-10-26-21-17(16)12-6-8-13(9-7-12)22(24)25/h2-11H,1H3,(H,20,23). The summed E-state index contributed by atoms with van der Waals surface area (Å²) < 4.78 is 10.3. The van der Waals surface area contributed by atoms with Gasteiger partial charge in [0.15, 0.2) is 0 Å². The first kappa shape index (κ1) is 18.4. The number of carbonyl (C=O) groups is 1. The molecule has 0 saturated heterocycles. The van der Waals surface area contributed by atoms with Crippen molar-refractivity contribution >= 4 is 29.1 Å². The Morgan fingerprint density at radius 1 is 1.26 bits per heavy atom. The molecule has 0 aliphatic heterocycles. The fourth-order valence-electron chi connectivity index (χ4n) is 2.44. The molecule has 3 aromatic rings. The molecule has 27 heavy (non-hydrogen) atoms. The second-order valence-corrected chi connectivity index (χ2v) is 5.98. The maximum atomic E-state index is 12.2. The summed E-state index contributed by atoms with van der Waals surface area (Å²) in [6.45, 7) is 1.70. The van der Waals surface area contributed by atoms with E-state index < -0.39 is 17.1 Å². The molecule has 1 amide bonds. The summed E-state index contributed by atoms with van der Waals surface area (Å²) in [5.74, 6) is 0. The number of benzene rings is 2. The molecule has 0 radical (unpaired) electrons. The van der Waals surface area contributed by atoms with E-state index in [9.17, 15) is 14.9 Å². The number of nitro groups is 1. The summed E-state index contributed by atoms with van der Waals surface area (Å²) in [7, 11) is 0. The van der Waals surface area contributed by atoms with Gasteiger partial charge in [-0.2, -0.15) is 0 Å². The lowest BCUT2D eigenvalue weighted by Crippen LogP contribution is -2.16. The highest BCUT2D eigenvalue weighted by Gasteiger charge is 2.18. The molecule has 0 bridgehead atoms. The summed E-state index contributed by atoms with van der Waals surface area (Å²) in [5.41, 5.74) is 1.77. The minimum atomic E-state index is -0.714. The lowest BCUT2D eigenvalue weighted by molar-refractivity contribution is -0.384. The molecule has 1 heterocycles. The van der Waals surface area contributed by atoms with Crippen LogP contribution in [-0.4, -0.2) is 16.2 Å². The van der Waals surface area contributed by atoms with Crippen LogP contribution in [0.2, 0.25) is 5.02 Å². The predicted octanol–water partition coefficient (Wildman–Crippen LogP) is 5.21. The van der Waals surface area contributed by atoms with Gasteiger partial charge >= 0.3 is 6.09 Å². The van der Waals surface area contributed by atoms with Gasteiger partial charge in [0.25, 0.3) is 5.69 Å². The van der Waals surface area contributed by atoms with E-state index in [1.807, 2.05) is 0 Å². The smallest absolute Gasteiger partial charge is 0.412 e. The topological polar surface area (TPSA) is 108 Å². The minimum absolute atomic E-state index is 0.0512. The maximum Gasteiger partial charge on any atom is 0.412 e. The molecule has 138 valence electrons. The van der Waals surface area contributed by atoms with Crippen LogP contribution in [0.1, 0.15) is 18.6 Å². The monoisotopic (exact) mass is 387 g/mol. The van der Waals surface area contributed by atoms with Gasteiger partial charge < -0.3 is 9.26 Å². The molecule has 3 rings (SSSR count). The molecule has 0 fully saturated rings. The number of nitro benzene ring substituents is 1. The zero-order chi connectivity index (χ0) is 19.4. The third-order valence-electron chi connectivity index (χ3n) is 3.78. The number of hydrogen-bond acceptors (Lipinski definition) is 6. The molecule has 0 spiro atoms. The molecule has 2 aromatic carbocycles. The van der Waals surface area contributed by atoms with Crippen LogP contribution < -0.4 is 5.32 Å². The van der Waals surface area contributed by atoms with Crippen molar-refractivity contribution in [3.63, 3.8) is 0 Å². The Kier molecular flexibility index (Phi) is 5.37. The number of hydrogen-bond donors (Lipinski definition) is 1. The second-order valence-electron chi connectivity index (χ2n) is 5.57. The van der Waals surface area contributed by atoms with E-state index >= 15 is 0 Å². The van der Waals surface area contributed by atoms with Gasteiger partial charge in [-0.3, -0.25) is 15.4 Å². The van der Waals surface area contributed by atoms with Gasteiger partial charge in [-0.1, -0.05) is 35.0 Å². The van der Waals surface area contributed by atoms with Gasteiger partial charge in [-0.05, 0) is 25.1 Å². The van der Waals surface area contributed by atoms with Crippen molar-refractivity contribution in [3.8, 4) is 11.3 Å². The molecular weight excluding hydrogens is 374 g/mol. The van der Waals surface area contributed by atoms with Crippen LogP contribution in [0, 0.1) is 10.1 Å². The van der Waals surface area contributed by atoms with E-state index in [0.717, 1.165) is 0 Å². The summed E-state index contributed by atoms with van der Waals surface area (Å²) in [6, 6.07) is 12.8. The number of ether oxygens (including phenoxy) is 1. The number of rotatable bonds is 5. The van der Waals surface area contributed by atoms with Crippen molar-refractivity contribution in [2.45, 2.75) is 13.0 Å². The Bertz CT molecular complexity index is 971. The second kappa shape index (κ2) is 7.88. The van der Waals surface area contributed by atoms with Crippen LogP contribution >= 0.6 is 11.6 Å². The molecule has 0 aliphatic rings. The van der Waals surface area contributed by atoms with Crippen LogP contribution in [0.25, 0.3) is 11.3 Å². The third-order valence-corrected chi connectivity index (χ3v) is 4.13. The minimum Gasteiger partial charge on any atom is -0.441 e. The maximum absolute atomic E-state index is 12.2. The van der Waals surface area contributed by atoms with Gasteiger partial charge in [0, 0.05) is 28.3 Å². The van der Waals surface area contributed by atoms with E-state index in [-0.39, 0.29) is 11.4 Å². The number of non-ortho nitro benzene ring substituents is 1. The highest BCUT2D eigenvalue weighted by molar-refractivity contribution is 6.31. The zero-order valence-corrected chi connectivity index (χ0v) is 14.8. The molecule has 1 N–H and O–H groups in total. The van der Waals surface area contributed by atoms with Crippen molar-refractivity contribution in [2.24, 2.45) is 0 Å². The molecule has 1 atom stereocenters. The van der Waals surface area contributed by atoms with Crippen LogP contribution in [0.5, 0.6) is 0 Å². The Morgan fingerprint density at radius 2 is 1.96 bits per heavy atom. The summed E-state index contributed by atoms with van der Waals surface area (Å²) in [5, 5.41) is 17.6. The molecule has 0 aliphatic carbocycles. The Labute approximate surface area is 158 Å². The first-order valence-corrected chi connectivity index (χ1v) is 8.24. The normalized spacial score (nSPS) is 11.6. The van der Waals surface area contributed by atoms with Crippen molar-refractivity contribution < 1.29 is 19.0 Å². The van der Waals surface area contributed by atoms with Gasteiger partial charge in [0.1, 0.15) is 23.7 Å². The van der Waals surface area contributed by atoms with Crippen LogP contribution in [0.3, 0.4) is 0 Å². The fraction of sp³-hybridized carbons (Fsp3) is 0.111. The average molecular weight is 388 g/mol. The summed E-state index contributed by atoms with van der Waals surface area (Å²) >= 11 is 6.10. The van der Waals surface area contributed by atoms with Gasteiger partial charge in [0.2, 0.25) is 0 Å². The van der Waals surface area contributed by atoms with Crippen molar-refractivity contribution in [1.82, 2.24) is 5.16 Å². The average Bonchev–Trinajstić information content (AvgIpc) is 3.10. The lowest BCUT2D eigenvalue weighted by atomic mass is 10.1. The van der Waals surface area contributed by atoms with Crippen LogP contribution in [-0.2, 0) is 4.74 Å². The number of carbonyl (C=O) groups excluding carboxylic acids is 1. The number of anilines is 1. The number of nitrogens with zero attached hydrogens (tertiary/aromatic N) is 2. The number of nitrogens with one attached hydrogen (secondary N) is 1. The van der Waals surface area contributed by atoms with Crippen LogP contribution in [0.15, 0.2) is 59.3 Å². The fourth-order valence-corrected chi connectivity index (χ4v) is 2.73. The number of amides is 1. The highest BCUT2D eigenvalue weighted by atomic mass is 35.5. The molecular formula is C18H14ClN3O5. The SMILES string of the molecule is CC(OC(=O)Nc1conc1-c1ccc([N+](=O)[O-])cc1)c1ccccc1Cl. The summed E-state index contributed by atoms with van der Waals surface area (Å²) in [4.78, 5) is 22.4. The van der Waals surface area contributed by atoms with Crippen molar-refractivity contribution in [3.05, 3.63) is 75.5 Å². The molecule has 9 heteroatoms. The van der Waals surface area contributed by atoms with E-state index in [2.05, 4.69) is 10.5 Å². The van der Waals surface area contributed by atoms with Crippen molar-refractivity contribution in [1.29, 1.82) is 0 Å². The van der Waals surface area contributed by atoms with Gasteiger partial charge in [0.05, 0.1) is 4.92 Å². The van der Waals surface area contributed by atoms with Crippen molar-refractivity contribution in [2.75, 3.05) is 5.32 Å². The van der Waals surface area contributed by atoms with E-state index in [1.165, 1.54) is 30.5 Å². The Balaban J connectivity index is 1.71.